The molecule has 5 nitrogen and oxygen atoms in total. The summed E-state index contributed by atoms with van der Waals surface area (Å²) in [6, 6.07) is 5.51. The fraction of sp³-hybridized carbons (Fsp3) is 0.167. The molecule has 1 aromatic heterocycles. The van der Waals surface area contributed by atoms with Crippen LogP contribution in [0.15, 0.2) is 23.0 Å². The second kappa shape index (κ2) is 4.97. The van der Waals surface area contributed by atoms with E-state index >= 15 is 0 Å². The Morgan fingerprint density at radius 1 is 1.44 bits per heavy atom. The third-order valence-electron chi connectivity index (χ3n) is 2.46. The van der Waals surface area contributed by atoms with Crippen LogP contribution in [-0.4, -0.2) is 22.2 Å². The van der Waals surface area contributed by atoms with Crippen LogP contribution in [0.25, 0.3) is 11.4 Å². The van der Waals surface area contributed by atoms with Gasteiger partial charge in [0.1, 0.15) is 15.1 Å². The Morgan fingerprint density at radius 3 is 2.78 bits per heavy atom. The van der Waals surface area contributed by atoms with Gasteiger partial charge in [0.05, 0.1) is 12.7 Å². The maximum absolute atomic E-state index is 11.6. The molecule has 0 aliphatic carbocycles. The second-order valence-corrected chi connectivity index (χ2v) is 4.83. The molecule has 0 fully saturated rings. The van der Waals surface area contributed by atoms with E-state index in [1.54, 1.807) is 35.8 Å². The molecule has 94 valence electrons. The summed E-state index contributed by atoms with van der Waals surface area (Å²) in [4.78, 5) is 18.2. The van der Waals surface area contributed by atoms with E-state index in [1.807, 2.05) is 19.1 Å². The third kappa shape index (κ3) is 2.33. The lowest BCUT2D eigenvalue weighted by molar-refractivity contribution is 0.415. The number of hydrogen-bond donors (Lipinski definition) is 2. The molecule has 0 radical (unpaired) electrons. The highest BCUT2D eigenvalue weighted by atomic mass is 127. The van der Waals surface area contributed by atoms with E-state index in [9.17, 15) is 9.90 Å². The van der Waals surface area contributed by atoms with Gasteiger partial charge in [-0.25, -0.2) is 0 Å². The standard InChI is InChI=1S/C12H11IN2O3/c1-6-3-4-7(8(5-6)18-2)10-14-11(16)9(13)12(17)15-10/h3-5H,1-2H3,(H2,14,15,16,17). The number of aryl methyl sites for hydroxylation is 1. The van der Waals surface area contributed by atoms with Crippen molar-refractivity contribution in [3.63, 3.8) is 0 Å². The molecule has 0 aliphatic rings. The first kappa shape index (κ1) is 12.9. The molecule has 0 spiro atoms. The van der Waals surface area contributed by atoms with Crippen LogP contribution in [-0.2, 0) is 0 Å². The smallest absolute Gasteiger partial charge is 0.268 e. The van der Waals surface area contributed by atoms with Crippen LogP contribution in [0, 0.1) is 10.5 Å². The lowest BCUT2D eigenvalue weighted by atomic mass is 10.1. The van der Waals surface area contributed by atoms with Gasteiger partial charge in [-0.2, -0.15) is 4.98 Å². The molecule has 0 unspecified atom stereocenters. The zero-order chi connectivity index (χ0) is 13.3. The summed E-state index contributed by atoms with van der Waals surface area (Å²) in [6.07, 6.45) is 0. The minimum atomic E-state index is -0.374. The van der Waals surface area contributed by atoms with Gasteiger partial charge in [0, 0.05) is 0 Å². The summed E-state index contributed by atoms with van der Waals surface area (Å²) in [5, 5.41) is 9.58. The number of ether oxygens (including phenoxy) is 1. The van der Waals surface area contributed by atoms with Gasteiger partial charge >= 0.3 is 0 Å². The van der Waals surface area contributed by atoms with Crippen LogP contribution < -0.4 is 10.3 Å². The molecule has 1 aromatic carbocycles. The lowest BCUT2D eigenvalue weighted by Crippen LogP contribution is -2.12. The van der Waals surface area contributed by atoms with Gasteiger partial charge in [-0.3, -0.25) is 4.79 Å². The summed E-state index contributed by atoms with van der Waals surface area (Å²) < 4.78 is 5.41. The topological polar surface area (TPSA) is 75.2 Å². The highest BCUT2D eigenvalue weighted by Crippen LogP contribution is 2.29. The molecule has 0 atom stereocenters. The molecule has 2 N–H and O–H groups in total. The van der Waals surface area contributed by atoms with Crippen molar-refractivity contribution < 1.29 is 9.84 Å². The Balaban J connectivity index is 2.66. The first-order valence-corrected chi connectivity index (χ1v) is 6.24. The predicted molar refractivity (Wildman–Crippen MR) is 76.0 cm³/mol. The molecule has 2 aromatic rings. The summed E-state index contributed by atoms with van der Waals surface area (Å²) in [5.74, 6) is 0.602. The van der Waals surface area contributed by atoms with Crippen molar-refractivity contribution in [3.8, 4) is 23.0 Å². The van der Waals surface area contributed by atoms with Crippen molar-refractivity contribution in [2.75, 3.05) is 7.11 Å². The van der Waals surface area contributed by atoms with Crippen LogP contribution >= 0.6 is 22.6 Å². The predicted octanol–water partition coefficient (Wildman–Crippen LogP) is 2.06. The fourth-order valence-electron chi connectivity index (χ4n) is 1.57. The molecule has 0 saturated heterocycles. The number of benzene rings is 1. The van der Waals surface area contributed by atoms with Crippen molar-refractivity contribution in [1.82, 2.24) is 9.97 Å². The monoisotopic (exact) mass is 358 g/mol. The summed E-state index contributed by atoms with van der Waals surface area (Å²) in [5.41, 5.74) is 1.29. The van der Waals surface area contributed by atoms with E-state index < -0.39 is 0 Å². The third-order valence-corrected chi connectivity index (χ3v) is 3.43. The van der Waals surface area contributed by atoms with Gasteiger partial charge in [0.2, 0.25) is 5.88 Å². The quantitative estimate of drug-likeness (QED) is 0.806. The first-order chi connectivity index (χ1) is 8.52. The second-order valence-electron chi connectivity index (χ2n) is 3.76. The number of rotatable bonds is 2. The Hall–Kier alpha value is -1.57. The number of hydrogen-bond acceptors (Lipinski definition) is 4. The molecule has 0 saturated carbocycles. The van der Waals surface area contributed by atoms with Crippen molar-refractivity contribution in [1.29, 1.82) is 0 Å². The molecule has 0 aliphatic heterocycles. The van der Waals surface area contributed by atoms with Crippen LogP contribution in [0.5, 0.6) is 11.6 Å². The minimum Gasteiger partial charge on any atom is -0.496 e. The normalized spacial score (nSPS) is 10.4. The zero-order valence-corrected chi connectivity index (χ0v) is 12.0. The first-order valence-electron chi connectivity index (χ1n) is 5.16. The van der Waals surface area contributed by atoms with E-state index in [4.69, 9.17) is 4.74 Å². The van der Waals surface area contributed by atoms with Gasteiger partial charge in [-0.15, -0.1) is 0 Å². The number of nitrogens with zero attached hydrogens (tertiary/aromatic N) is 1. The molecular weight excluding hydrogens is 347 g/mol. The molecular formula is C12H11IN2O3. The molecule has 1 heterocycles. The maximum Gasteiger partial charge on any atom is 0.268 e. The summed E-state index contributed by atoms with van der Waals surface area (Å²) in [7, 11) is 1.54. The van der Waals surface area contributed by atoms with Gasteiger partial charge in [0.15, 0.2) is 0 Å². The SMILES string of the molecule is COc1cc(C)ccc1-c1nc(O)c(I)c(=O)[nH]1. The van der Waals surface area contributed by atoms with Crippen molar-refractivity contribution in [2.24, 2.45) is 0 Å². The van der Waals surface area contributed by atoms with E-state index in [0.717, 1.165) is 5.56 Å². The Bertz CT molecular complexity index is 652. The van der Waals surface area contributed by atoms with Crippen LogP contribution in [0.4, 0.5) is 0 Å². The van der Waals surface area contributed by atoms with E-state index in [2.05, 4.69) is 9.97 Å². The van der Waals surface area contributed by atoms with Crippen LogP contribution in [0.3, 0.4) is 0 Å². The number of H-pyrrole nitrogens is 1. The van der Waals surface area contributed by atoms with Gasteiger partial charge in [0.25, 0.3) is 5.56 Å². The number of nitrogens with one attached hydrogen (secondary N) is 1. The van der Waals surface area contributed by atoms with Crippen LogP contribution in [0.1, 0.15) is 5.56 Å². The lowest BCUT2D eigenvalue weighted by Gasteiger charge is -2.09. The van der Waals surface area contributed by atoms with Crippen molar-refractivity contribution in [2.45, 2.75) is 6.92 Å². The Kier molecular flexibility index (Phi) is 3.55. The number of aromatic nitrogens is 2. The molecule has 0 amide bonds. The Morgan fingerprint density at radius 2 is 2.17 bits per heavy atom. The van der Waals surface area contributed by atoms with E-state index in [1.165, 1.54) is 0 Å². The molecule has 6 heteroatoms. The highest BCUT2D eigenvalue weighted by Gasteiger charge is 2.12. The van der Waals surface area contributed by atoms with Crippen LogP contribution in [0.2, 0.25) is 0 Å². The molecule has 18 heavy (non-hydrogen) atoms. The van der Waals surface area contributed by atoms with Gasteiger partial charge in [-0.1, -0.05) is 6.07 Å². The van der Waals surface area contributed by atoms with Crippen molar-refractivity contribution in [3.05, 3.63) is 37.7 Å². The zero-order valence-electron chi connectivity index (χ0n) is 9.82. The van der Waals surface area contributed by atoms with Gasteiger partial charge in [-0.05, 0) is 47.2 Å². The summed E-state index contributed by atoms with van der Waals surface area (Å²) in [6.45, 7) is 1.94. The number of aromatic hydroxyl groups is 1. The molecule has 2 rings (SSSR count). The number of aromatic amines is 1. The van der Waals surface area contributed by atoms with E-state index in [-0.39, 0.29) is 20.8 Å². The van der Waals surface area contributed by atoms with E-state index in [0.29, 0.717) is 11.3 Å². The molecule has 0 bridgehead atoms. The highest BCUT2D eigenvalue weighted by molar-refractivity contribution is 14.1. The number of methoxy groups -OCH3 is 1. The average molecular weight is 358 g/mol. The summed E-state index contributed by atoms with van der Waals surface area (Å²) >= 11 is 1.74. The maximum atomic E-state index is 11.6. The Labute approximate surface area is 117 Å². The minimum absolute atomic E-state index is 0.169. The van der Waals surface area contributed by atoms with Crippen molar-refractivity contribution >= 4 is 22.6 Å². The largest absolute Gasteiger partial charge is 0.496 e. The average Bonchev–Trinajstić information content (AvgIpc) is 2.35. The van der Waals surface area contributed by atoms with Gasteiger partial charge < -0.3 is 14.8 Å². The fourth-order valence-corrected chi connectivity index (χ4v) is 1.82. The number of halogens is 1.